The highest BCUT2D eigenvalue weighted by molar-refractivity contribution is 5.88. The van der Waals surface area contributed by atoms with Crippen molar-refractivity contribution in [3.63, 3.8) is 0 Å². The minimum Gasteiger partial charge on any atom is -0.481 e. The Balaban J connectivity index is 1.49. The zero-order chi connectivity index (χ0) is 17.4. The number of rotatable bonds is 4. The molecule has 4 rings (SSSR count). The highest BCUT2D eigenvalue weighted by Crippen LogP contribution is 2.30. The number of benzene rings is 1. The Morgan fingerprint density at radius 1 is 1.24 bits per heavy atom. The first-order valence-electron chi connectivity index (χ1n) is 8.73. The number of morpholine rings is 1. The number of amides is 1. The number of furan rings is 1. The standard InChI is InChI=1S/C19H21NO5/c21-18(20-4-5-24-15(10-20)9-19(22)23)8-14-11-25-17-7-13-3-1-2-12(13)6-16(14)17/h6-7,11,15H,1-5,8-10H2,(H,22,23). The first-order valence-corrected chi connectivity index (χ1v) is 8.73. The predicted octanol–water partition coefficient (Wildman–Crippen LogP) is 2.17. The topological polar surface area (TPSA) is 80.0 Å². The van der Waals surface area contributed by atoms with Crippen molar-refractivity contribution in [3.05, 3.63) is 35.1 Å². The molecular formula is C19H21NO5. The van der Waals surface area contributed by atoms with Crippen LogP contribution in [0.5, 0.6) is 0 Å². The normalized spacial score (nSPS) is 20.0. The Kier molecular flexibility index (Phi) is 4.21. The Bertz CT molecular complexity index is 825. The van der Waals surface area contributed by atoms with Crippen LogP contribution in [-0.4, -0.2) is 47.7 Å². The van der Waals surface area contributed by atoms with E-state index in [4.69, 9.17) is 14.3 Å². The first-order chi connectivity index (χ1) is 12.1. The average Bonchev–Trinajstić information content (AvgIpc) is 3.19. The van der Waals surface area contributed by atoms with Crippen molar-refractivity contribution in [1.29, 1.82) is 0 Å². The summed E-state index contributed by atoms with van der Waals surface area (Å²) in [6, 6.07) is 4.26. The largest absolute Gasteiger partial charge is 0.481 e. The van der Waals surface area contributed by atoms with Crippen LogP contribution in [-0.2, 0) is 33.6 Å². The molecule has 1 N–H and O–H groups in total. The second kappa shape index (κ2) is 6.52. The highest BCUT2D eigenvalue weighted by Gasteiger charge is 2.26. The lowest BCUT2D eigenvalue weighted by atomic mass is 10.0. The lowest BCUT2D eigenvalue weighted by Crippen LogP contribution is -2.46. The summed E-state index contributed by atoms with van der Waals surface area (Å²) in [4.78, 5) is 25.2. The lowest BCUT2D eigenvalue weighted by molar-refractivity contribution is -0.147. The van der Waals surface area contributed by atoms with Crippen LogP contribution >= 0.6 is 0 Å². The van der Waals surface area contributed by atoms with E-state index in [0.29, 0.717) is 19.7 Å². The van der Waals surface area contributed by atoms with E-state index in [-0.39, 0.29) is 18.7 Å². The number of carboxylic acids is 1. The molecule has 132 valence electrons. The molecule has 1 aliphatic carbocycles. The molecule has 2 aromatic rings. The predicted molar refractivity (Wildman–Crippen MR) is 90.5 cm³/mol. The molecule has 1 aromatic heterocycles. The third kappa shape index (κ3) is 3.26. The molecule has 0 bridgehead atoms. The van der Waals surface area contributed by atoms with Crippen molar-refractivity contribution in [3.8, 4) is 0 Å². The summed E-state index contributed by atoms with van der Waals surface area (Å²) in [6.07, 6.45) is 4.79. The average molecular weight is 343 g/mol. The number of carbonyl (C=O) groups is 2. The van der Waals surface area contributed by atoms with Crippen LogP contribution < -0.4 is 0 Å². The maximum atomic E-state index is 12.7. The van der Waals surface area contributed by atoms with E-state index in [1.165, 1.54) is 17.5 Å². The van der Waals surface area contributed by atoms with Gasteiger partial charge in [-0.3, -0.25) is 9.59 Å². The Morgan fingerprint density at radius 2 is 2.04 bits per heavy atom. The maximum absolute atomic E-state index is 12.7. The lowest BCUT2D eigenvalue weighted by Gasteiger charge is -2.32. The molecule has 0 radical (unpaired) electrons. The van der Waals surface area contributed by atoms with Crippen molar-refractivity contribution in [2.24, 2.45) is 0 Å². The molecular weight excluding hydrogens is 322 g/mol. The fourth-order valence-electron chi connectivity index (χ4n) is 3.82. The van der Waals surface area contributed by atoms with Gasteiger partial charge < -0.3 is 19.2 Å². The van der Waals surface area contributed by atoms with Crippen LogP contribution in [0.1, 0.15) is 29.5 Å². The first kappa shape index (κ1) is 16.1. The van der Waals surface area contributed by atoms with E-state index >= 15 is 0 Å². The van der Waals surface area contributed by atoms with E-state index in [0.717, 1.165) is 29.4 Å². The number of ether oxygens (including phenoxy) is 1. The monoisotopic (exact) mass is 343 g/mol. The molecule has 1 fully saturated rings. The van der Waals surface area contributed by atoms with Gasteiger partial charge in [-0.1, -0.05) is 0 Å². The molecule has 0 spiro atoms. The van der Waals surface area contributed by atoms with E-state index < -0.39 is 12.1 Å². The molecule has 1 amide bonds. The molecule has 1 saturated heterocycles. The zero-order valence-electron chi connectivity index (χ0n) is 14.0. The van der Waals surface area contributed by atoms with Crippen LogP contribution in [0.2, 0.25) is 0 Å². The number of hydrogen-bond acceptors (Lipinski definition) is 4. The number of carbonyl (C=O) groups excluding carboxylic acids is 1. The Hall–Kier alpha value is -2.34. The molecule has 1 aliphatic heterocycles. The van der Waals surface area contributed by atoms with Crippen LogP contribution in [0.3, 0.4) is 0 Å². The highest BCUT2D eigenvalue weighted by atomic mass is 16.5. The van der Waals surface area contributed by atoms with Gasteiger partial charge in [-0.05, 0) is 42.5 Å². The second-order valence-corrected chi connectivity index (χ2v) is 6.84. The molecule has 1 aromatic carbocycles. The summed E-state index contributed by atoms with van der Waals surface area (Å²) in [5.41, 5.74) is 4.45. The van der Waals surface area contributed by atoms with Gasteiger partial charge >= 0.3 is 5.97 Å². The maximum Gasteiger partial charge on any atom is 0.306 e. The van der Waals surface area contributed by atoms with Crippen molar-refractivity contribution < 1.29 is 23.8 Å². The Labute approximate surface area is 145 Å². The molecule has 1 unspecified atom stereocenters. The van der Waals surface area contributed by atoms with Gasteiger partial charge in [0.2, 0.25) is 5.91 Å². The minimum absolute atomic E-state index is 0.0121. The third-order valence-corrected chi connectivity index (χ3v) is 5.10. The van der Waals surface area contributed by atoms with Gasteiger partial charge in [0.05, 0.1) is 31.8 Å². The molecule has 2 heterocycles. The number of aliphatic carboxylic acids is 1. The number of nitrogens with zero attached hydrogens (tertiary/aromatic N) is 1. The fraction of sp³-hybridized carbons (Fsp3) is 0.474. The van der Waals surface area contributed by atoms with Gasteiger partial charge in [-0.25, -0.2) is 0 Å². The number of hydrogen-bond donors (Lipinski definition) is 1. The van der Waals surface area contributed by atoms with Crippen molar-refractivity contribution in [2.45, 2.75) is 38.2 Å². The van der Waals surface area contributed by atoms with Gasteiger partial charge in [-0.15, -0.1) is 0 Å². The van der Waals surface area contributed by atoms with Gasteiger partial charge in [0, 0.05) is 24.0 Å². The summed E-state index contributed by atoms with van der Waals surface area (Å²) < 4.78 is 11.1. The van der Waals surface area contributed by atoms with Gasteiger partial charge in [0.15, 0.2) is 0 Å². The van der Waals surface area contributed by atoms with E-state index in [1.807, 2.05) is 0 Å². The number of fused-ring (bicyclic) bond motifs is 2. The SMILES string of the molecule is O=C(O)CC1CN(C(=O)Cc2coc3cc4c(cc23)CCC4)CCO1. The fourth-order valence-corrected chi connectivity index (χ4v) is 3.82. The van der Waals surface area contributed by atoms with E-state index in [9.17, 15) is 9.59 Å². The van der Waals surface area contributed by atoms with E-state index in [1.54, 1.807) is 11.2 Å². The van der Waals surface area contributed by atoms with Crippen LogP contribution in [0.25, 0.3) is 11.0 Å². The molecule has 2 aliphatic rings. The summed E-state index contributed by atoms with van der Waals surface area (Å²) >= 11 is 0. The van der Waals surface area contributed by atoms with Crippen molar-refractivity contribution in [2.75, 3.05) is 19.7 Å². The third-order valence-electron chi connectivity index (χ3n) is 5.10. The number of carboxylic acid groups (broad SMARTS) is 1. The van der Waals surface area contributed by atoms with Gasteiger partial charge in [0.1, 0.15) is 5.58 Å². The molecule has 0 saturated carbocycles. The van der Waals surface area contributed by atoms with E-state index in [2.05, 4.69) is 12.1 Å². The molecule has 1 atom stereocenters. The summed E-state index contributed by atoms with van der Waals surface area (Å²) in [5.74, 6) is -0.920. The summed E-state index contributed by atoms with van der Waals surface area (Å²) in [7, 11) is 0. The molecule has 6 heteroatoms. The summed E-state index contributed by atoms with van der Waals surface area (Å²) in [6.45, 7) is 1.21. The van der Waals surface area contributed by atoms with Gasteiger partial charge in [0.25, 0.3) is 0 Å². The zero-order valence-corrected chi connectivity index (χ0v) is 14.0. The van der Waals surface area contributed by atoms with Crippen molar-refractivity contribution >= 4 is 22.8 Å². The quantitative estimate of drug-likeness (QED) is 0.920. The van der Waals surface area contributed by atoms with Crippen molar-refractivity contribution in [1.82, 2.24) is 4.90 Å². The minimum atomic E-state index is -0.908. The van der Waals surface area contributed by atoms with Crippen LogP contribution in [0.4, 0.5) is 0 Å². The second-order valence-electron chi connectivity index (χ2n) is 6.84. The molecule has 6 nitrogen and oxygen atoms in total. The smallest absolute Gasteiger partial charge is 0.306 e. The summed E-state index contributed by atoms with van der Waals surface area (Å²) in [5, 5.41) is 9.92. The Morgan fingerprint density at radius 3 is 2.84 bits per heavy atom. The van der Waals surface area contributed by atoms with Crippen LogP contribution in [0, 0.1) is 0 Å². The number of aryl methyl sites for hydroxylation is 2. The van der Waals surface area contributed by atoms with Gasteiger partial charge in [-0.2, -0.15) is 0 Å². The molecule has 25 heavy (non-hydrogen) atoms. The van der Waals surface area contributed by atoms with Crippen LogP contribution in [0.15, 0.2) is 22.8 Å².